The van der Waals surface area contributed by atoms with Crippen LogP contribution in [-0.4, -0.2) is 22.1 Å². The van der Waals surface area contributed by atoms with Crippen LogP contribution in [0.3, 0.4) is 0 Å². The average molecular weight is 240 g/mol. The Morgan fingerprint density at radius 2 is 2.44 bits per heavy atom. The molecule has 2 atom stereocenters. The van der Waals surface area contributed by atoms with Crippen LogP contribution in [0.25, 0.3) is 0 Å². The number of rotatable bonds is 3. The number of nitrogens with one attached hydrogen (secondary N) is 1. The molecule has 0 unspecified atom stereocenters. The fourth-order valence-electron chi connectivity index (χ4n) is 2.24. The highest BCUT2D eigenvalue weighted by Crippen LogP contribution is 2.28. The maximum absolute atomic E-state index is 11.4. The predicted molar refractivity (Wildman–Crippen MR) is 62.5 cm³/mol. The number of carbonyl (C=O) groups is 1. The number of esters is 1. The minimum atomic E-state index is -0.0516. The molecule has 1 aliphatic heterocycles. The third-order valence-electron chi connectivity index (χ3n) is 3.32. The Morgan fingerprint density at radius 1 is 1.69 bits per heavy atom. The van der Waals surface area contributed by atoms with Crippen LogP contribution in [0.15, 0.2) is 6.20 Å². The van der Waals surface area contributed by atoms with E-state index < -0.39 is 0 Å². The molecule has 0 saturated carbocycles. The number of aromatic nitrogens is 2. The first-order chi connectivity index (χ1) is 7.63. The van der Waals surface area contributed by atoms with Crippen molar-refractivity contribution >= 4 is 18.2 Å². The zero-order valence-corrected chi connectivity index (χ0v) is 10.3. The Balaban J connectivity index is 2.13. The van der Waals surface area contributed by atoms with Crippen LogP contribution >= 0.6 is 12.2 Å². The molecule has 2 rings (SSSR count). The van der Waals surface area contributed by atoms with Gasteiger partial charge in [0.1, 0.15) is 0 Å². The van der Waals surface area contributed by atoms with Crippen molar-refractivity contribution in [2.75, 3.05) is 6.61 Å². The average Bonchev–Trinajstić information content (AvgIpc) is 2.76. The summed E-state index contributed by atoms with van der Waals surface area (Å²) in [5, 5.41) is 0. The molecule has 1 aromatic rings. The summed E-state index contributed by atoms with van der Waals surface area (Å²) < 4.78 is 7.77. The second kappa shape index (κ2) is 4.41. The number of ether oxygens (including phenoxy) is 1. The molecular formula is C11H16N2O2S. The number of nitrogens with zero attached hydrogens (tertiary/aromatic N) is 1. The maximum Gasteiger partial charge on any atom is 0.309 e. The standard InChI is InChI=1S/C11H16N2O2S/c1-3-9-7(6-15-10(9)14)4-8-5-12-11(16)13(8)2/h5,7,9H,3-4,6H2,1-2H3,(H,12,16)/t7-,9-/m0/s1. The van der Waals surface area contributed by atoms with Crippen LogP contribution in [0.1, 0.15) is 19.0 Å². The van der Waals surface area contributed by atoms with Crippen molar-refractivity contribution in [3.8, 4) is 0 Å². The summed E-state index contributed by atoms with van der Waals surface area (Å²) in [6.07, 6.45) is 3.60. The van der Waals surface area contributed by atoms with Gasteiger partial charge >= 0.3 is 5.97 Å². The minimum Gasteiger partial charge on any atom is -0.465 e. The third-order valence-corrected chi connectivity index (χ3v) is 3.71. The highest BCUT2D eigenvalue weighted by Gasteiger charge is 2.35. The summed E-state index contributed by atoms with van der Waals surface area (Å²) in [5.41, 5.74) is 1.13. The molecule has 0 aromatic carbocycles. The molecule has 1 N–H and O–H groups in total. The van der Waals surface area contributed by atoms with E-state index in [1.54, 1.807) is 0 Å². The van der Waals surface area contributed by atoms with Crippen LogP contribution < -0.4 is 0 Å². The van der Waals surface area contributed by atoms with E-state index in [1.165, 1.54) is 0 Å². The number of imidazole rings is 1. The Bertz CT molecular complexity index is 449. The van der Waals surface area contributed by atoms with Crippen molar-refractivity contribution < 1.29 is 9.53 Å². The molecule has 1 aromatic heterocycles. The van der Waals surface area contributed by atoms with E-state index in [-0.39, 0.29) is 17.8 Å². The van der Waals surface area contributed by atoms with Crippen LogP contribution in [-0.2, 0) is 23.0 Å². The monoisotopic (exact) mass is 240 g/mol. The van der Waals surface area contributed by atoms with Gasteiger partial charge < -0.3 is 14.3 Å². The van der Waals surface area contributed by atoms with Crippen molar-refractivity contribution in [1.82, 2.24) is 9.55 Å². The molecule has 0 spiro atoms. The van der Waals surface area contributed by atoms with Gasteiger partial charge in [-0.1, -0.05) is 6.92 Å². The van der Waals surface area contributed by atoms with Crippen molar-refractivity contribution in [1.29, 1.82) is 0 Å². The summed E-state index contributed by atoms with van der Waals surface area (Å²) in [4.78, 5) is 14.4. The number of hydrogen-bond donors (Lipinski definition) is 1. The first-order valence-corrected chi connectivity index (χ1v) is 5.94. The summed E-state index contributed by atoms with van der Waals surface area (Å²) in [6.45, 7) is 2.56. The Morgan fingerprint density at radius 3 is 3.00 bits per heavy atom. The minimum absolute atomic E-state index is 0.0449. The second-order valence-corrected chi connectivity index (χ2v) is 4.64. The molecule has 0 amide bonds. The third kappa shape index (κ3) is 1.91. The van der Waals surface area contributed by atoms with Gasteiger partial charge in [-0.2, -0.15) is 0 Å². The lowest BCUT2D eigenvalue weighted by atomic mass is 9.89. The van der Waals surface area contributed by atoms with Crippen molar-refractivity contribution in [3.63, 3.8) is 0 Å². The lowest BCUT2D eigenvalue weighted by Crippen LogP contribution is -2.18. The van der Waals surface area contributed by atoms with Crippen LogP contribution in [0, 0.1) is 16.6 Å². The fourth-order valence-corrected chi connectivity index (χ4v) is 2.42. The fraction of sp³-hybridized carbons (Fsp3) is 0.636. The first-order valence-electron chi connectivity index (χ1n) is 5.53. The molecule has 88 valence electrons. The van der Waals surface area contributed by atoms with E-state index in [1.807, 2.05) is 24.7 Å². The smallest absolute Gasteiger partial charge is 0.309 e. The van der Waals surface area contributed by atoms with E-state index in [0.717, 1.165) is 18.5 Å². The van der Waals surface area contributed by atoms with Crippen molar-refractivity contribution in [2.24, 2.45) is 18.9 Å². The topological polar surface area (TPSA) is 47.0 Å². The number of aromatic amines is 1. The van der Waals surface area contributed by atoms with E-state index in [9.17, 15) is 4.79 Å². The molecule has 0 bridgehead atoms. The molecule has 1 saturated heterocycles. The second-order valence-electron chi connectivity index (χ2n) is 4.25. The van der Waals surface area contributed by atoms with Gasteiger partial charge in [0, 0.05) is 24.9 Å². The molecule has 2 heterocycles. The molecule has 0 radical (unpaired) electrons. The van der Waals surface area contributed by atoms with Gasteiger partial charge in [0.05, 0.1) is 12.5 Å². The van der Waals surface area contributed by atoms with Gasteiger partial charge in [-0.25, -0.2) is 0 Å². The maximum atomic E-state index is 11.4. The summed E-state index contributed by atoms with van der Waals surface area (Å²) in [5.74, 6) is 0.279. The highest BCUT2D eigenvalue weighted by molar-refractivity contribution is 7.71. The van der Waals surface area contributed by atoms with Gasteiger partial charge in [0.25, 0.3) is 0 Å². The quantitative estimate of drug-likeness (QED) is 0.647. The number of cyclic esters (lactones) is 1. The number of hydrogen-bond acceptors (Lipinski definition) is 3. The lowest BCUT2D eigenvalue weighted by Gasteiger charge is -2.13. The van der Waals surface area contributed by atoms with E-state index >= 15 is 0 Å². The van der Waals surface area contributed by atoms with Gasteiger partial charge in [-0.05, 0) is 25.1 Å². The molecule has 16 heavy (non-hydrogen) atoms. The zero-order chi connectivity index (χ0) is 11.7. The summed E-state index contributed by atoms with van der Waals surface area (Å²) in [7, 11) is 1.94. The van der Waals surface area contributed by atoms with Gasteiger partial charge in [0.15, 0.2) is 4.77 Å². The first kappa shape index (κ1) is 11.4. The summed E-state index contributed by atoms with van der Waals surface area (Å²) >= 11 is 5.11. The van der Waals surface area contributed by atoms with Gasteiger partial charge in [0.2, 0.25) is 0 Å². The summed E-state index contributed by atoms with van der Waals surface area (Å²) in [6, 6.07) is 0. The predicted octanol–water partition coefficient (Wildman–Crippen LogP) is 1.82. The van der Waals surface area contributed by atoms with Crippen LogP contribution in [0.4, 0.5) is 0 Å². The van der Waals surface area contributed by atoms with Crippen LogP contribution in [0.5, 0.6) is 0 Å². The normalized spacial score (nSPS) is 24.8. The Labute approximate surface area is 99.6 Å². The molecular weight excluding hydrogens is 224 g/mol. The van der Waals surface area contributed by atoms with Crippen molar-refractivity contribution in [2.45, 2.75) is 19.8 Å². The number of carbonyl (C=O) groups excluding carboxylic acids is 1. The molecule has 1 aliphatic rings. The van der Waals surface area contributed by atoms with Gasteiger partial charge in [-0.15, -0.1) is 0 Å². The SMILES string of the molecule is CC[C@@H]1C(=O)OC[C@@H]1Cc1c[nH]c(=S)n1C. The molecule has 4 nitrogen and oxygen atoms in total. The molecule has 1 fully saturated rings. The molecule has 0 aliphatic carbocycles. The Hall–Kier alpha value is -1.10. The zero-order valence-electron chi connectivity index (χ0n) is 9.53. The van der Waals surface area contributed by atoms with E-state index in [2.05, 4.69) is 4.98 Å². The largest absolute Gasteiger partial charge is 0.465 e. The Kier molecular flexibility index (Phi) is 3.14. The lowest BCUT2D eigenvalue weighted by molar-refractivity contribution is -0.141. The van der Waals surface area contributed by atoms with Gasteiger partial charge in [-0.3, -0.25) is 4.79 Å². The van der Waals surface area contributed by atoms with E-state index in [0.29, 0.717) is 11.4 Å². The molecule has 5 heteroatoms. The van der Waals surface area contributed by atoms with Crippen molar-refractivity contribution in [3.05, 3.63) is 16.7 Å². The van der Waals surface area contributed by atoms with Crippen LogP contribution in [0.2, 0.25) is 0 Å². The van der Waals surface area contributed by atoms with E-state index in [4.69, 9.17) is 17.0 Å². The highest BCUT2D eigenvalue weighted by atomic mass is 32.1. The number of H-pyrrole nitrogens is 1.